The topological polar surface area (TPSA) is 38.3 Å². The average molecular weight is 289 g/mol. The first-order valence-corrected chi connectivity index (χ1v) is 8.06. The summed E-state index contributed by atoms with van der Waals surface area (Å²) in [5, 5.41) is 3.26. The van der Waals surface area contributed by atoms with Crippen LogP contribution in [-0.2, 0) is 4.79 Å². The Labute approximate surface area is 128 Å². The Bertz CT molecular complexity index is 447. The molecule has 1 atom stereocenters. The first-order valence-electron chi connectivity index (χ1n) is 8.06. The highest BCUT2D eigenvalue weighted by atomic mass is 16.5. The lowest BCUT2D eigenvalue weighted by Gasteiger charge is -2.27. The van der Waals surface area contributed by atoms with Crippen molar-refractivity contribution in [3.8, 4) is 5.75 Å². The highest BCUT2D eigenvalue weighted by Gasteiger charge is 2.25. The smallest absolute Gasteiger partial charge is 0.223 e. The van der Waals surface area contributed by atoms with Gasteiger partial charge in [0.25, 0.3) is 0 Å². The van der Waals surface area contributed by atoms with Crippen LogP contribution in [0.2, 0.25) is 0 Å². The zero-order chi connectivity index (χ0) is 15.2. The van der Waals surface area contributed by atoms with Gasteiger partial charge in [-0.05, 0) is 36.5 Å². The Balaban J connectivity index is 2.05. The molecule has 1 aliphatic rings. The van der Waals surface area contributed by atoms with E-state index < -0.39 is 0 Å². The molecule has 1 unspecified atom stereocenters. The number of amides is 1. The monoisotopic (exact) mass is 289 g/mol. The quantitative estimate of drug-likeness (QED) is 0.886. The van der Waals surface area contributed by atoms with Gasteiger partial charge in [-0.15, -0.1) is 0 Å². The molecule has 3 nitrogen and oxygen atoms in total. The Hall–Kier alpha value is -1.51. The fourth-order valence-corrected chi connectivity index (χ4v) is 3.08. The van der Waals surface area contributed by atoms with Gasteiger partial charge in [-0.25, -0.2) is 0 Å². The fourth-order valence-electron chi connectivity index (χ4n) is 3.08. The zero-order valence-electron chi connectivity index (χ0n) is 13.4. The number of nitrogens with one attached hydrogen (secondary N) is 1. The number of hydrogen-bond donors (Lipinski definition) is 1. The molecular formula is C18H27NO2. The summed E-state index contributed by atoms with van der Waals surface area (Å²) in [5.41, 5.74) is 1.15. The summed E-state index contributed by atoms with van der Waals surface area (Å²) in [6.07, 6.45) is 5.73. The summed E-state index contributed by atoms with van der Waals surface area (Å²) in [6, 6.07) is 8.08. The van der Waals surface area contributed by atoms with Crippen LogP contribution in [0.5, 0.6) is 5.75 Å². The Morgan fingerprint density at radius 1 is 1.14 bits per heavy atom. The fraction of sp³-hybridized carbons (Fsp3) is 0.611. The van der Waals surface area contributed by atoms with Gasteiger partial charge in [0.1, 0.15) is 5.75 Å². The molecule has 3 heteroatoms. The minimum Gasteiger partial charge on any atom is -0.497 e. The van der Waals surface area contributed by atoms with E-state index in [4.69, 9.17) is 4.74 Å². The van der Waals surface area contributed by atoms with Crippen molar-refractivity contribution in [1.82, 2.24) is 5.32 Å². The van der Waals surface area contributed by atoms with Gasteiger partial charge in [0.15, 0.2) is 0 Å². The Morgan fingerprint density at radius 2 is 1.76 bits per heavy atom. The summed E-state index contributed by atoms with van der Waals surface area (Å²) in [7, 11) is 1.67. The number of hydrogen-bond acceptors (Lipinski definition) is 2. The molecule has 1 fully saturated rings. The minimum atomic E-state index is 0.0744. The van der Waals surface area contributed by atoms with Gasteiger partial charge < -0.3 is 10.1 Å². The van der Waals surface area contributed by atoms with Gasteiger partial charge in [0.2, 0.25) is 5.91 Å². The second-order valence-corrected chi connectivity index (χ2v) is 6.34. The van der Waals surface area contributed by atoms with Gasteiger partial charge in [-0.1, -0.05) is 45.2 Å². The molecule has 1 aromatic carbocycles. The van der Waals surface area contributed by atoms with Crippen LogP contribution < -0.4 is 10.1 Å². The lowest BCUT2D eigenvalue weighted by Crippen LogP contribution is -2.37. The van der Waals surface area contributed by atoms with Crippen LogP contribution in [0, 0.1) is 11.8 Å². The van der Waals surface area contributed by atoms with Crippen LogP contribution in [0.3, 0.4) is 0 Å². The van der Waals surface area contributed by atoms with Gasteiger partial charge >= 0.3 is 0 Å². The van der Waals surface area contributed by atoms with E-state index >= 15 is 0 Å². The molecule has 0 heterocycles. The molecule has 0 spiro atoms. The molecule has 116 valence electrons. The van der Waals surface area contributed by atoms with Crippen molar-refractivity contribution in [3.63, 3.8) is 0 Å². The first kappa shape index (κ1) is 15.9. The van der Waals surface area contributed by atoms with E-state index in [1.54, 1.807) is 7.11 Å². The molecule has 1 aliphatic carbocycles. The van der Waals surface area contributed by atoms with Crippen molar-refractivity contribution in [1.29, 1.82) is 0 Å². The summed E-state index contributed by atoms with van der Waals surface area (Å²) >= 11 is 0. The van der Waals surface area contributed by atoms with Gasteiger partial charge in [0.05, 0.1) is 13.2 Å². The lowest BCUT2D eigenvalue weighted by atomic mass is 9.87. The maximum Gasteiger partial charge on any atom is 0.223 e. The summed E-state index contributed by atoms with van der Waals surface area (Å²) in [4.78, 5) is 12.5. The third-order valence-electron chi connectivity index (χ3n) is 4.42. The van der Waals surface area contributed by atoms with E-state index in [-0.39, 0.29) is 17.9 Å². The van der Waals surface area contributed by atoms with Crippen LogP contribution in [0.1, 0.15) is 57.6 Å². The summed E-state index contributed by atoms with van der Waals surface area (Å²) in [5.74, 6) is 1.65. The Kier molecular flexibility index (Phi) is 5.66. The average Bonchev–Trinajstić information content (AvgIpc) is 2.53. The van der Waals surface area contributed by atoms with Crippen LogP contribution >= 0.6 is 0 Å². The van der Waals surface area contributed by atoms with E-state index in [0.717, 1.165) is 24.2 Å². The molecule has 2 rings (SSSR count). The van der Waals surface area contributed by atoms with Crippen molar-refractivity contribution < 1.29 is 9.53 Å². The SMILES string of the molecule is COc1ccc(C(NC(=O)C2CCCCC2)C(C)C)cc1. The van der Waals surface area contributed by atoms with E-state index in [9.17, 15) is 4.79 Å². The number of rotatable bonds is 5. The number of carbonyl (C=O) groups is 1. The van der Waals surface area contributed by atoms with Crippen LogP contribution in [0.4, 0.5) is 0 Å². The second kappa shape index (κ2) is 7.48. The van der Waals surface area contributed by atoms with Crippen molar-refractivity contribution in [2.75, 3.05) is 7.11 Å². The van der Waals surface area contributed by atoms with E-state index in [0.29, 0.717) is 5.92 Å². The largest absolute Gasteiger partial charge is 0.497 e. The predicted octanol–water partition coefficient (Wildman–Crippen LogP) is 4.09. The van der Waals surface area contributed by atoms with Crippen LogP contribution in [-0.4, -0.2) is 13.0 Å². The summed E-state index contributed by atoms with van der Waals surface area (Å²) < 4.78 is 5.20. The second-order valence-electron chi connectivity index (χ2n) is 6.34. The third kappa shape index (κ3) is 4.23. The van der Waals surface area contributed by atoms with Crippen molar-refractivity contribution in [2.45, 2.75) is 52.0 Å². The van der Waals surface area contributed by atoms with Crippen LogP contribution in [0.25, 0.3) is 0 Å². The number of methoxy groups -OCH3 is 1. The molecule has 1 N–H and O–H groups in total. The molecule has 21 heavy (non-hydrogen) atoms. The standard InChI is InChI=1S/C18H27NO2/c1-13(2)17(14-9-11-16(21-3)12-10-14)19-18(20)15-7-5-4-6-8-15/h9-13,15,17H,4-8H2,1-3H3,(H,19,20). The van der Waals surface area contributed by atoms with Gasteiger partial charge in [-0.2, -0.15) is 0 Å². The summed E-state index contributed by atoms with van der Waals surface area (Å²) in [6.45, 7) is 4.30. The maximum absolute atomic E-state index is 12.5. The van der Waals surface area contributed by atoms with Crippen molar-refractivity contribution in [3.05, 3.63) is 29.8 Å². The van der Waals surface area contributed by atoms with E-state index in [1.165, 1.54) is 19.3 Å². The van der Waals surface area contributed by atoms with Crippen molar-refractivity contribution in [2.24, 2.45) is 11.8 Å². The lowest BCUT2D eigenvalue weighted by molar-refractivity contribution is -0.127. The highest BCUT2D eigenvalue weighted by Crippen LogP contribution is 2.27. The van der Waals surface area contributed by atoms with E-state index in [2.05, 4.69) is 19.2 Å². The first-order chi connectivity index (χ1) is 10.1. The number of benzene rings is 1. The number of ether oxygens (including phenoxy) is 1. The predicted molar refractivity (Wildman–Crippen MR) is 85.3 cm³/mol. The number of carbonyl (C=O) groups excluding carboxylic acids is 1. The molecule has 0 saturated heterocycles. The van der Waals surface area contributed by atoms with E-state index in [1.807, 2.05) is 24.3 Å². The maximum atomic E-state index is 12.5. The molecule has 1 aromatic rings. The minimum absolute atomic E-state index is 0.0744. The molecule has 1 saturated carbocycles. The van der Waals surface area contributed by atoms with Crippen molar-refractivity contribution >= 4 is 5.91 Å². The third-order valence-corrected chi connectivity index (χ3v) is 4.42. The molecule has 0 radical (unpaired) electrons. The van der Waals surface area contributed by atoms with Gasteiger partial charge in [-0.3, -0.25) is 4.79 Å². The zero-order valence-corrected chi connectivity index (χ0v) is 13.4. The van der Waals surface area contributed by atoms with Crippen LogP contribution in [0.15, 0.2) is 24.3 Å². The normalized spacial score (nSPS) is 17.5. The molecule has 1 amide bonds. The Morgan fingerprint density at radius 3 is 2.29 bits per heavy atom. The molecule has 0 aliphatic heterocycles. The molecule has 0 aromatic heterocycles. The molecule has 0 bridgehead atoms. The van der Waals surface area contributed by atoms with Gasteiger partial charge in [0, 0.05) is 5.92 Å². The molecular weight excluding hydrogens is 262 g/mol. The highest BCUT2D eigenvalue weighted by molar-refractivity contribution is 5.79.